The van der Waals surface area contributed by atoms with Gasteiger partial charge in [-0.25, -0.2) is 4.68 Å². The van der Waals surface area contributed by atoms with Crippen LogP contribution in [-0.4, -0.2) is 63.4 Å². The molecule has 1 fully saturated rings. The smallest absolute Gasteiger partial charge is 0.276 e. The zero-order valence-electron chi connectivity index (χ0n) is 15.9. The molecule has 1 aromatic heterocycles. The fraction of sp³-hybridized carbons (Fsp3) is 0.318. The first-order chi connectivity index (χ1) is 13.8. The summed E-state index contributed by atoms with van der Waals surface area (Å²) >= 11 is 0. The van der Waals surface area contributed by atoms with Gasteiger partial charge in [0, 0.05) is 32.7 Å². The molecular formula is C22H25N5O. The third kappa shape index (κ3) is 4.64. The van der Waals surface area contributed by atoms with E-state index >= 15 is 0 Å². The minimum absolute atomic E-state index is 0.0259. The number of piperazine rings is 1. The SMILES string of the molecule is O=C(c1cn(Cc2ccccc2)nn1)N1CCN(CCc2ccccc2)CC1. The molecule has 4 rings (SSSR count). The molecule has 0 saturated carbocycles. The molecule has 0 bridgehead atoms. The summed E-state index contributed by atoms with van der Waals surface area (Å²) < 4.78 is 1.72. The lowest BCUT2D eigenvalue weighted by Crippen LogP contribution is -2.49. The third-order valence-corrected chi connectivity index (χ3v) is 5.16. The molecule has 144 valence electrons. The third-order valence-electron chi connectivity index (χ3n) is 5.16. The van der Waals surface area contributed by atoms with Gasteiger partial charge < -0.3 is 4.90 Å². The van der Waals surface area contributed by atoms with Crippen molar-refractivity contribution < 1.29 is 4.79 Å². The molecule has 6 nitrogen and oxygen atoms in total. The summed E-state index contributed by atoms with van der Waals surface area (Å²) in [6.07, 6.45) is 2.79. The molecule has 0 atom stereocenters. The second-order valence-electron chi connectivity index (χ2n) is 7.16. The summed E-state index contributed by atoms with van der Waals surface area (Å²) in [6.45, 7) is 4.92. The minimum atomic E-state index is -0.0259. The summed E-state index contributed by atoms with van der Waals surface area (Å²) in [5.41, 5.74) is 2.92. The fourth-order valence-corrected chi connectivity index (χ4v) is 3.51. The van der Waals surface area contributed by atoms with Crippen LogP contribution in [0, 0.1) is 0 Å². The summed E-state index contributed by atoms with van der Waals surface area (Å²) in [5, 5.41) is 8.20. The van der Waals surface area contributed by atoms with Crippen LogP contribution in [0.25, 0.3) is 0 Å². The van der Waals surface area contributed by atoms with Crippen LogP contribution in [0.2, 0.25) is 0 Å². The Morgan fingerprint density at radius 1 is 0.857 bits per heavy atom. The molecule has 1 aliphatic rings. The van der Waals surface area contributed by atoms with Crippen molar-refractivity contribution in [2.45, 2.75) is 13.0 Å². The molecule has 2 aromatic carbocycles. The van der Waals surface area contributed by atoms with Crippen LogP contribution in [0.1, 0.15) is 21.6 Å². The number of hydrogen-bond donors (Lipinski definition) is 0. The molecule has 28 heavy (non-hydrogen) atoms. The van der Waals surface area contributed by atoms with Gasteiger partial charge in [-0.3, -0.25) is 9.69 Å². The van der Waals surface area contributed by atoms with Gasteiger partial charge in [0.2, 0.25) is 0 Å². The van der Waals surface area contributed by atoms with Crippen molar-refractivity contribution in [2.24, 2.45) is 0 Å². The molecule has 0 N–H and O–H groups in total. The lowest BCUT2D eigenvalue weighted by Gasteiger charge is -2.34. The lowest BCUT2D eigenvalue weighted by molar-refractivity contribution is 0.0632. The first kappa shape index (κ1) is 18.4. The molecule has 1 saturated heterocycles. The largest absolute Gasteiger partial charge is 0.335 e. The molecule has 1 aliphatic heterocycles. The Bertz CT molecular complexity index is 886. The van der Waals surface area contributed by atoms with E-state index in [1.54, 1.807) is 10.9 Å². The predicted octanol–water partition coefficient (Wildman–Crippen LogP) is 2.33. The van der Waals surface area contributed by atoms with Gasteiger partial charge in [-0.2, -0.15) is 0 Å². The average molecular weight is 375 g/mol. The van der Waals surface area contributed by atoms with Crippen molar-refractivity contribution in [3.63, 3.8) is 0 Å². The van der Waals surface area contributed by atoms with Crippen LogP contribution in [0.4, 0.5) is 0 Å². The monoisotopic (exact) mass is 375 g/mol. The molecule has 6 heteroatoms. The quantitative estimate of drug-likeness (QED) is 0.664. The van der Waals surface area contributed by atoms with Crippen molar-refractivity contribution >= 4 is 5.91 Å². The highest BCUT2D eigenvalue weighted by Crippen LogP contribution is 2.09. The zero-order chi connectivity index (χ0) is 19.2. The van der Waals surface area contributed by atoms with Gasteiger partial charge in [-0.05, 0) is 17.5 Å². The summed E-state index contributed by atoms with van der Waals surface area (Å²) in [7, 11) is 0. The van der Waals surface area contributed by atoms with Crippen LogP contribution in [0.3, 0.4) is 0 Å². The molecule has 1 amide bonds. The van der Waals surface area contributed by atoms with Gasteiger partial charge in [-0.1, -0.05) is 65.9 Å². The van der Waals surface area contributed by atoms with Crippen molar-refractivity contribution in [3.8, 4) is 0 Å². The highest BCUT2D eigenvalue weighted by Gasteiger charge is 2.24. The Balaban J connectivity index is 1.27. The van der Waals surface area contributed by atoms with E-state index in [1.807, 2.05) is 41.3 Å². The van der Waals surface area contributed by atoms with E-state index in [-0.39, 0.29) is 5.91 Å². The molecule has 0 radical (unpaired) electrons. The number of aromatic nitrogens is 3. The van der Waals surface area contributed by atoms with Gasteiger partial charge in [0.15, 0.2) is 5.69 Å². The maximum Gasteiger partial charge on any atom is 0.276 e. The number of amides is 1. The number of rotatable bonds is 6. The summed E-state index contributed by atoms with van der Waals surface area (Å²) in [4.78, 5) is 17.0. The number of hydrogen-bond acceptors (Lipinski definition) is 4. The van der Waals surface area contributed by atoms with Crippen LogP contribution >= 0.6 is 0 Å². The van der Waals surface area contributed by atoms with Crippen molar-refractivity contribution in [1.29, 1.82) is 0 Å². The number of benzene rings is 2. The summed E-state index contributed by atoms with van der Waals surface area (Å²) in [5.74, 6) is -0.0259. The van der Waals surface area contributed by atoms with Gasteiger partial charge in [0.25, 0.3) is 5.91 Å². The van der Waals surface area contributed by atoms with Gasteiger partial charge in [0.1, 0.15) is 0 Å². The predicted molar refractivity (Wildman–Crippen MR) is 108 cm³/mol. The normalized spacial score (nSPS) is 14.9. The number of carbonyl (C=O) groups is 1. The maximum absolute atomic E-state index is 12.7. The molecular weight excluding hydrogens is 350 g/mol. The van der Waals surface area contributed by atoms with Crippen LogP contribution in [-0.2, 0) is 13.0 Å². The molecule has 3 aromatic rings. The minimum Gasteiger partial charge on any atom is -0.335 e. The van der Waals surface area contributed by atoms with Crippen LogP contribution < -0.4 is 0 Å². The van der Waals surface area contributed by atoms with Gasteiger partial charge in [0.05, 0.1) is 12.7 Å². The average Bonchev–Trinajstić information content (AvgIpc) is 3.22. The highest BCUT2D eigenvalue weighted by atomic mass is 16.2. The van der Waals surface area contributed by atoms with Crippen molar-refractivity contribution in [1.82, 2.24) is 24.8 Å². The van der Waals surface area contributed by atoms with E-state index in [9.17, 15) is 4.79 Å². The van der Waals surface area contributed by atoms with Gasteiger partial charge >= 0.3 is 0 Å². The van der Waals surface area contributed by atoms with Crippen LogP contribution in [0.5, 0.6) is 0 Å². The standard InChI is InChI=1S/C22H25N5O/c28-22(21-18-27(24-23-21)17-20-9-5-2-6-10-20)26-15-13-25(14-16-26)12-11-19-7-3-1-4-8-19/h1-10,18H,11-17H2. The van der Waals surface area contributed by atoms with E-state index in [4.69, 9.17) is 0 Å². The Kier molecular flexibility index (Phi) is 5.77. The lowest BCUT2D eigenvalue weighted by atomic mass is 10.1. The van der Waals surface area contributed by atoms with Crippen molar-refractivity contribution in [3.05, 3.63) is 83.7 Å². The molecule has 0 aliphatic carbocycles. The van der Waals surface area contributed by atoms with E-state index < -0.39 is 0 Å². The fourth-order valence-electron chi connectivity index (χ4n) is 3.51. The Labute approximate surface area is 165 Å². The Morgan fingerprint density at radius 2 is 1.50 bits per heavy atom. The molecule has 0 spiro atoms. The number of nitrogens with zero attached hydrogens (tertiary/aromatic N) is 5. The van der Waals surface area contributed by atoms with E-state index in [0.717, 1.165) is 44.7 Å². The second-order valence-corrected chi connectivity index (χ2v) is 7.16. The molecule has 2 heterocycles. The van der Waals surface area contributed by atoms with E-state index in [1.165, 1.54) is 5.56 Å². The second kappa shape index (κ2) is 8.80. The zero-order valence-corrected chi connectivity index (χ0v) is 15.9. The molecule has 0 unspecified atom stereocenters. The first-order valence-corrected chi connectivity index (χ1v) is 9.77. The maximum atomic E-state index is 12.7. The van der Waals surface area contributed by atoms with E-state index in [0.29, 0.717) is 12.2 Å². The van der Waals surface area contributed by atoms with Crippen molar-refractivity contribution in [2.75, 3.05) is 32.7 Å². The topological polar surface area (TPSA) is 54.3 Å². The highest BCUT2D eigenvalue weighted by molar-refractivity contribution is 5.92. The first-order valence-electron chi connectivity index (χ1n) is 9.77. The Hall–Kier alpha value is -2.99. The number of carbonyl (C=O) groups excluding carboxylic acids is 1. The summed E-state index contributed by atoms with van der Waals surface area (Å²) in [6, 6.07) is 20.6. The Morgan fingerprint density at radius 3 is 2.18 bits per heavy atom. The van der Waals surface area contributed by atoms with E-state index in [2.05, 4.69) is 39.5 Å². The van der Waals surface area contributed by atoms with Gasteiger partial charge in [-0.15, -0.1) is 5.10 Å². The van der Waals surface area contributed by atoms with Crippen LogP contribution in [0.15, 0.2) is 66.9 Å².